The molecule has 110 valence electrons. The first kappa shape index (κ1) is 15.7. The molecule has 6 nitrogen and oxygen atoms in total. The normalized spacial score (nSPS) is 11.0. The maximum Gasteiger partial charge on any atom is 0.390 e. The first-order valence-electron chi connectivity index (χ1n) is 5.48. The van der Waals surface area contributed by atoms with Crippen LogP contribution in [-0.4, -0.2) is 46.8 Å². The zero-order chi connectivity index (χ0) is 15.3. The second-order valence-electron chi connectivity index (χ2n) is 3.92. The number of aromatic nitrogens is 1. The van der Waals surface area contributed by atoms with Gasteiger partial charge in [0.1, 0.15) is 0 Å². The van der Waals surface area contributed by atoms with Crippen LogP contribution in [0.4, 0.5) is 23.7 Å². The van der Waals surface area contributed by atoms with Crippen LogP contribution in [-0.2, 0) is 0 Å². The number of halogens is 3. The highest BCUT2D eigenvalue weighted by molar-refractivity contribution is 5.98. The lowest BCUT2D eigenvalue weighted by atomic mass is 10.3. The Labute approximate surface area is 112 Å². The van der Waals surface area contributed by atoms with E-state index in [4.69, 9.17) is 5.11 Å². The van der Waals surface area contributed by atoms with E-state index in [1.165, 1.54) is 25.4 Å². The van der Waals surface area contributed by atoms with E-state index in [-0.39, 0.29) is 11.4 Å². The summed E-state index contributed by atoms with van der Waals surface area (Å²) in [7, 11) is 1.18. The van der Waals surface area contributed by atoms with E-state index in [2.05, 4.69) is 10.3 Å². The third-order valence-corrected chi connectivity index (χ3v) is 2.33. The minimum absolute atomic E-state index is 0.0798. The maximum absolute atomic E-state index is 12.0. The molecule has 0 radical (unpaired) electrons. The Morgan fingerprint density at radius 1 is 1.45 bits per heavy atom. The van der Waals surface area contributed by atoms with Crippen LogP contribution in [0.3, 0.4) is 0 Å². The summed E-state index contributed by atoms with van der Waals surface area (Å²) in [5.41, 5.74) is -0.464. The summed E-state index contributed by atoms with van der Waals surface area (Å²) < 4.78 is 36.1. The number of carbonyl (C=O) groups is 2. The Morgan fingerprint density at radius 2 is 2.10 bits per heavy atom. The van der Waals surface area contributed by atoms with Gasteiger partial charge in [0, 0.05) is 19.8 Å². The van der Waals surface area contributed by atoms with Crippen LogP contribution in [0.5, 0.6) is 0 Å². The predicted octanol–water partition coefficient (Wildman–Crippen LogP) is 2.20. The number of pyridine rings is 1. The third-order valence-electron chi connectivity index (χ3n) is 2.33. The molecule has 0 atom stereocenters. The summed E-state index contributed by atoms with van der Waals surface area (Å²) in [4.78, 5) is 26.9. The van der Waals surface area contributed by atoms with Gasteiger partial charge in [-0.15, -0.1) is 0 Å². The van der Waals surface area contributed by atoms with Crippen molar-refractivity contribution in [3.8, 4) is 0 Å². The van der Waals surface area contributed by atoms with Gasteiger partial charge in [0.05, 0.1) is 12.1 Å². The Morgan fingerprint density at radius 3 is 2.65 bits per heavy atom. The lowest BCUT2D eigenvalue weighted by molar-refractivity contribution is -0.135. The fourth-order valence-corrected chi connectivity index (χ4v) is 1.28. The number of hydrogen-bond acceptors (Lipinski definition) is 3. The number of anilines is 1. The van der Waals surface area contributed by atoms with Crippen molar-refractivity contribution in [1.29, 1.82) is 0 Å². The summed E-state index contributed by atoms with van der Waals surface area (Å²) in [6.07, 6.45) is -4.28. The van der Waals surface area contributed by atoms with E-state index in [0.717, 1.165) is 4.90 Å². The lowest BCUT2D eigenvalue weighted by Gasteiger charge is -2.19. The molecule has 0 fully saturated rings. The molecule has 0 aliphatic heterocycles. The molecule has 0 aliphatic rings. The smallest absolute Gasteiger partial charge is 0.390 e. The van der Waals surface area contributed by atoms with Gasteiger partial charge < -0.3 is 15.3 Å². The SMILES string of the molecule is CN(CCC(F)(F)F)C(=O)Nc1cccnc1C(=O)O. The molecule has 0 aliphatic carbocycles. The minimum atomic E-state index is -4.37. The van der Waals surface area contributed by atoms with Crippen LogP contribution >= 0.6 is 0 Å². The number of carboxylic acids is 1. The maximum atomic E-state index is 12.0. The van der Waals surface area contributed by atoms with Crippen molar-refractivity contribution < 1.29 is 27.9 Å². The molecule has 1 heterocycles. The van der Waals surface area contributed by atoms with Crippen molar-refractivity contribution in [2.24, 2.45) is 0 Å². The summed E-state index contributed by atoms with van der Waals surface area (Å²) in [5.74, 6) is -1.35. The van der Waals surface area contributed by atoms with Gasteiger partial charge in [-0.1, -0.05) is 0 Å². The zero-order valence-corrected chi connectivity index (χ0v) is 10.4. The summed E-state index contributed by atoms with van der Waals surface area (Å²) in [5, 5.41) is 11.1. The Balaban J connectivity index is 2.69. The highest BCUT2D eigenvalue weighted by atomic mass is 19.4. The number of nitrogens with zero attached hydrogens (tertiary/aromatic N) is 2. The Kier molecular flexibility index (Phi) is 4.89. The molecule has 9 heteroatoms. The first-order chi connectivity index (χ1) is 9.20. The number of carboxylic acid groups (broad SMARTS) is 1. The molecule has 1 aromatic heterocycles. The molecule has 0 aromatic carbocycles. The minimum Gasteiger partial charge on any atom is -0.476 e. The van der Waals surface area contributed by atoms with Gasteiger partial charge in [-0.2, -0.15) is 13.2 Å². The highest BCUT2D eigenvalue weighted by Crippen LogP contribution is 2.20. The number of alkyl halides is 3. The van der Waals surface area contributed by atoms with Gasteiger partial charge in [0.15, 0.2) is 5.69 Å². The van der Waals surface area contributed by atoms with Gasteiger partial charge >= 0.3 is 18.2 Å². The predicted molar refractivity (Wildman–Crippen MR) is 63.5 cm³/mol. The van der Waals surface area contributed by atoms with Crippen molar-refractivity contribution in [3.63, 3.8) is 0 Å². The number of carbonyl (C=O) groups excluding carboxylic acids is 1. The standard InChI is InChI=1S/C11H12F3N3O3/c1-17(6-4-11(12,13)14)10(20)16-7-3-2-5-15-8(7)9(18)19/h2-3,5H,4,6H2,1H3,(H,16,20)(H,18,19). The van der Waals surface area contributed by atoms with Gasteiger partial charge in [0.2, 0.25) is 0 Å². The molecular formula is C11H12F3N3O3. The molecule has 0 saturated heterocycles. The molecule has 1 aromatic rings. The molecule has 2 amide bonds. The average Bonchev–Trinajstić information content (AvgIpc) is 2.35. The number of rotatable bonds is 4. The number of nitrogens with one attached hydrogen (secondary N) is 1. The van der Waals surface area contributed by atoms with Crippen molar-refractivity contribution in [2.75, 3.05) is 18.9 Å². The van der Waals surface area contributed by atoms with Gasteiger partial charge in [-0.05, 0) is 12.1 Å². The van der Waals surface area contributed by atoms with E-state index < -0.39 is 31.1 Å². The van der Waals surface area contributed by atoms with E-state index in [0.29, 0.717) is 0 Å². The molecule has 0 spiro atoms. The monoisotopic (exact) mass is 291 g/mol. The van der Waals surface area contributed by atoms with Crippen LogP contribution in [0.15, 0.2) is 18.3 Å². The Hall–Kier alpha value is -2.32. The second kappa shape index (κ2) is 6.22. The highest BCUT2D eigenvalue weighted by Gasteiger charge is 2.28. The van der Waals surface area contributed by atoms with Crippen molar-refractivity contribution in [2.45, 2.75) is 12.6 Å². The van der Waals surface area contributed by atoms with E-state index >= 15 is 0 Å². The molecule has 1 rings (SSSR count). The number of urea groups is 1. The fraction of sp³-hybridized carbons (Fsp3) is 0.364. The number of amides is 2. The van der Waals surface area contributed by atoms with Crippen molar-refractivity contribution in [3.05, 3.63) is 24.0 Å². The second-order valence-corrected chi connectivity index (χ2v) is 3.92. The van der Waals surface area contributed by atoms with Crippen LogP contribution in [0.25, 0.3) is 0 Å². The van der Waals surface area contributed by atoms with E-state index in [1.807, 2.05) is 0 Å². The van der Waals surface area contributed by atoms with E-state index in [1.54, 1.807) is 0 Å². The third kappa shape index (κ3) is 4.75. The van der Waals surface area contributed by atoms with Gasteiger partial charge in [-0.25, -0.2) is 14.6 Å². The molecule has 0 bridgehead atoms. The molecule has 0 unspecified atom stereocenters. The lowest BCUT2D eigenvalue weighted by Crippen LogP contribution is -2.34. The molecule has 0 saturated carbocycles. The van der Waals surface area contributed by atoms with Crippen LogP contribution < -0.4 is 5.32 Å². The van der Waals surface area contributed by atoms with Gasteiger partial charge in [-0.3, -0.25) is 0 Å². The molecular weight excluding hydrogens is 279 g/mol. The number of aromatic carboxylic acids is 1. The van der Waals surface area contributed by atoms with Crippen LogP contribution in [0.1, 0.15) is 16.9 Å². The number of hydrogen-bond donors (Lipinski definition) is 2. The first-order valence-corrected chi connectivity index (χ1v) is 5.48. The van der Waals surface area contributed by atoms with Crippen LogP contribution in [0, 0.1) is 0 Å². The molecule has 2 N–H and O–H groups in total. The summed E-state index contributed by atoms with van der Waals surface area (Å²) in [6, 6.07) is 1.86. The fourth-order valence-electron chi connectivity index (χ4n) is 1.28. The van der Waals surface area contributed by atoms with Crippen LogP contribution in [0.2, 0.25) is 0 Å². The van der Waals surface area contributed by atoms with Crippen molar-refractivity contribution >= 4 is 17.7 Å². The molecule has 20 heavy (non-hydrogen) atoms. The zero-order valence-electron chi connectivity index (χ0n) is 10.4. The quantitative estimate of drug-likeness (QED) is 0.891. The summed E-state index contributed by atoms with van der Waals surface area (Å²) >= 11 is 0. The van der Waals surface area contributed by atoms with Crippen molar-refractivity contribution in [1.82, 2.24) is 9.88 Å². The largest absolute Gasteiger partial charge is 0.476 e. The Bertz CT molecular complexity index is 505. The summed E-state index contributed by atoms with van der Waals surface area (Å²) in [6.45, 7) is -0.530. The van der Waals surface area contributed by atoms with Gasteiger partial charge in [0.25, 0.3) is 0 Å². The average molecular weight is 291 g/mol. The topological polar surface area (TPSA) is 82.5 Å². The van der Waals surface area contributed by atoms with E-state index in [9.17, 15) is 22.8 Å².